The third kappa shape index (κ3) is 4.48. The van der Waals surface area contributed by atoms with Gasteiger partial charge in [-0.3, -0.25) is 4.90 Å². The van der Waals surface area contributed by atoms with Crippen LogP contribution in [0.2, 0.25) is 0 Å². The van der Waals surface area contributed by atoms with Gasteiger partial charge in [0.2, 0.25) is 0 Å². The van der Waals surface area contributed by atoms with E-state index in [9.17, 15) is 4.79 Å². The maximum absolute atomic E-state index is 12.7. The van der Waals surface area contributed by atoms with E-state index in [0.717, 1.165) is 83.0 Å². The first-order chi connectivity index (χ1) is 18.8. The van der Waals surface area contributed by atoms with Crippen LogP contribution in [0.3, 0.4) is 0 Å². The number of likely N-dealkylation sites (tertiary alicyclic amines) is 1. The van der Waals surface area contributed by atoms with Gasteiger partial charge in [0.1, 0.15) is 39.8 Å². The van der Waals surface area contributed by atoms with Crippen LogP contribution in [0, 0.1) is 0 Å². The molecule has 5 aromatic rings. The van der Waals surface area contributed by atoms with E-state index in [1.54, 1.807) is 11.1 Å². The molecule has 7 rings (SSSR count). The molecule has 10 nitrogen and oxygen atoms in total. The Labute approximate surface area is 225 Å². The van der Waals surface area contributed by atoms with Gasteiger partial charge >= 0.3 is 6.09 Å². The summed E-state index contributed by atoms with van der Waals surface area (Å²) < 4.78 is 18.0. The maximum Gasteiger partial charge on any atom is 0.410 e. The van der Waals surface area contributed by atoms with Crippen LogP contribution in [0.25, 0.3) is 44.8 Å². The Morgan fingerprint density at radius 1 is 0.923 bits per heavy atom. The number of furan rings is 2. The van der Waals surface area contributed by atoms with E-state index in [2.05, 4.69) is 25.3 Å². The lowest BCUT2D eigenvalue weighted by Crippen LogP contribution is -2.36. The Balaban J connectivity index is 1.13. The number of ether oxygens (including phenoxy) is 1. The molecule has 2 aliphatic rings. The molecule has 3 N–H and O–H groups in total. The van der Waals surface area contributed by atoms with Gasteiger partial charge in [0.25, 0.3) is 0 Å². The summed E-state index contributed by atoms with van der Waals surface area (Å²) in [5.41, 5.74) is 2.63. The van der Waals surface area contributed by atoms with Crippen molar-refractivity contribution in [2.75, 3.05) is 13.1 Å². The number of nitrogens with zero attached hydrogens (tertiary/aromatic N) is 3. The molecule has 10 heteroatoms. The van der Waals surface area contributed by atoms with Crippen molar-refractivity contribution in [1.82, 2.24) is 30.2 Å². The summed E-state index contributed by atoms with van der Waals surface area (Å²) in [6, 6.07) is 8.11. The molecule has 2 atom stereocenters. The Hall–Kier alpha value is -4.05. The van der Waals surface area contributed by atoms with Gasteiger partial charge in [-0.05, 0) is 77.3 Å². The van der Waals surface area contributed by atoms with Gasteiger partial charge in [-0.1, -0.05) is 0 Å². The quantitative estimate of drug-likeness (QED) is 0.245. The first-order valence-electron chi connectivity index (χ1n) is 13.6. The van der Waals surface area contributed by atoms with Crippen molar-refractivity contribution in [3.8, 4) is 22.9 Å². The monoisotopic (exact) mass is 528 g/mol. The van der Waals surface area contributed by atoms with Crippen molar-refractivity contribution >= 4 is 28.0 Å². The Morgan fingerprint density at radius 3 is 2.18 bits per heavy atom. The second-order valence-electron chi connectivity index (χ2n) is 11.5. The number of nitrogens with one attached hydrogen (secondary N) is 3. The van der Waals surface area contributed by atoms with Crippen molar-refractivity contribution in [2.45, 2.75) is 64.1 Å². The summed E-state index contributed by atoms with van der Waals surface area (Å²) in [4.78, 5) is 30.4. The molecule has 202 valence electrons. The molecule has 0 bridgehead atoms. The fourth-order valence-corrected chi connectivity index (χ4v) is 5.62. The van der Waals surface area contributed by atoms with Crippen molar-refractivity contribution in [3.05, 3.63) is 48.3 Å². The molecule has 6 heterocycles. The number of amides is 1. The molecular formula is C29H32N6O4. The Kier molecular flexibility index (Phi) is 5.55. The highest BCUT2D eigenvalue weighted by Crippen LogP contribution is 2.36. The van der Waals surface area contributed by atoms with E-state index in [4.69, 9.17) is 13.6 Å². The number of aromatic amines is 2. The average molecular weight is 529 g/mol. The molecule has 2 saturated heterocycles. The molecule has 0 saturated carbocycles. The van der Waals surface area contributed by atoms with Gasteiger partial charge < -0.3 is 28.9 Å². The molecule has 0 radical (unpaired) electrons. The third-order valence-corrected chi connectivity index (χ3v) is 7.46. The zero-order chi connectivity index (χ0) is 26.7. The van der Waals surface area contributed by atoms with E-state index >= 15 is 0 Å². The standard InChI is InChI=1S/C29H32N6O4/c1-29(2,3)39-28(36)35-9-5-7-21(35)27-32-15-20(34-27)25-13-17-11-22-16(10-23(17)38-25)12-24(37-22)19-14-31-26(33-19)18-6-4-8-30-18/h10-15,18,21,30H,4-9H2,1-3H3,(H,31,33)(H,32,34)/t18-,21-/m0/s1. The van der Waals surface area contributed by atoms with Gasteiger partial charge in [-0.25, -0.2) is 14.8 Å². The number of hydrogen-bond acceptors (Lipinski definition) is 7. The van der Waals surface area contributed by atoms with Crippen LogP contribution in [0.15, 0.2) is 45.5 Å². The van der Waals surface area contributed by atoms with E-state index in [-0.39, 0.29) is 18.2 Å². The van der Waals surface area contributed by atoms with Crippen molar-refractivity contribution in [2.24, 2.45) is 0 Å². The highest BCUT2D eigenvalue weighted by Gasteiger charge is 2.35. The van der Waals surface area contributed by atoms with Crippen LogP contribution in [-0.2, 0) is 4.74 Å². The summed E-state index contributed by atoms with van der Waals surface area (Å²) >= 11 is 0. The molecule has 0 unspecified atom stereocenters. The fraction of sp³-hybridized carbons (Fsp3) is 0.414. The van der Waals surface area contributed by atoms with Gasteiger partial charge in [0, 0.05) is 17.3 Å². The summed E-state index contributed by atoms with van der Waals surface area (Å²) in [7, 11) is 0. The number of carbonyl (C=O) groups excluding carboxylic acids is 1. The fourth-order valence-electron chi connectivity index (χ4n) is 5.62. The van der Waals surface area contributed by atoms with E-state index < -0.39 is 5.60 Å². The molecule has 2 aliphatic heterocycles. The number of rotatable bonds is 4. The minimum atomic E-state index is -0.541. The minimum absolute atomic E-state index is 0.147. The molecule has 2 fully saturated rings. The van der Waals surface area contributed by atoms with Gasteiger partial charge in [-0.15, -0.1) is 0 Å². The number of H-pyrrole nitrogens is 2. The molecular weight excluding hydrogens is 496 g/mol. The minimum Gasteiger partial charge on any atom is -0.454 e. The number of hydrogen-bond donors (Lipinski definition) is 3. The van der Waals surface area contributed by atoms with Crippen LogP contribution < -0.4 is 5.32 Å². The number of imidazole rings is 2. The second kappa shape index (κ2) is 9.01. The van der Waals surface area contributed by atoms with Crippen LogP contribution in [-0.4, -0.2) is 49.6 Å². The number of benzene rings is 1. The average Bonchev–Trinajstić information content (AvgIpc) is 3.73. The number of aromatic nitrogens is 4. The topological polar surface area (TPSA) is 125 Å². The lowest BCUT2D eigenvalue weighted by Gasteiger charge is -2.27. The highest BCUT2D eigenvalue weighted by atomic mass is 16.6. The molecule has 39 heavy (non-hydrogen) atoms. The zero-order valence-electron chi connectivity index (χ0n) is 22.3. The van der Waals surface area contributed by atoms with Gasteiger partial charge in [0.05, 0.1) is 24.5 Å². The second-order valence-corrected chi connectivity index (χ2v) is 11.5. The lowest BCUT2D eigenvalue weighted by atomic mass is 10.2. The van der Waals surface area contributed by atoms with Crippen LogP contribution in [0.4, 0.5) is 4.79 Å². The van der Waals surface area contributed by atoms with Crippen molar-refractivity contribution in [1.29, 1.82) is 0 Å². The summed E-state index contributed by atoms with van der Waals surface area (Å²) in [6.07, 6.45) is 7.28. The molecule has 0 spiro atoms. The predicted molar refractivity (Wildman–Crippen MR) is 146 cm³/mol. The van der Waals surface area contributed by atoms with Crippen LogP contribution in [0.1, 0.15) is 70.2 Å². The first-order valence-corrected chi connectivity index (χ1v) is 13.6. The van der Waals surface area contributed by atoms with Gasteiger partial charge in [0.15, 0.2) is 11.5 Å². The van der Waals surface area contributed by atoms with Gasteiger partial charge in [-0.2, -0.15) is 0 Å². The number of carbonyl (C=O) groups is 1. The molecule has 0 aliphatic carbocycles. The lowest BCUT2D eigenvalue weighted by molar-refractivity contribution is 0.0218. The Bertz CT molecular complexity index is 1610. The normalized spacial score (nSPS) is 20.0. The van der Waals surface area contributed by atoms with Crippen LogP contribution >= 0.6 is 0 Å². The highest BCUT2D eigenvalue weighted by molar-refractivity contribution is 5.96. The SMILES string of the molecule is CC(C)(C)OC(=O)N1CCC[C@H]1c1ncc(-c2cc3cc4oc(-c5cnc([C@@H]6CCCN6)[nH]5)cc4cc3o2)[nH]1. The van der Waals surface area contributed by atoms with Crippen LogP contribution in [0.5, 0.6) is 0 Å². The van der Waals surface area contributed by atoms with E-state index in [1.165, 1.54) is 0 Å². The van der Waals surface area contributed by atoms with Crippen molar-refractivity contribution < 1.29 is 18.4 Å². The zero-order valence-corrected chi connectivity index (χ0v) is 22.3. The summed E-state index contributed by atoms with van der Waals surface area (Å²) in [5, 5.41) is 5.36. The van der Waals surface area contributed by atoms with E-state index in [1.807, 2.05) is 51.2 Å². The predicted octanol–water partition coefficient (Wildman–Crippen LogP) is 6.46. The van der Waals surface area contributed by atoms with E-state index in [0.29, 0.717) is 12.3 Å². The summed E-state index contributed by atoms with van der Waals surface area (Å²) in [6.45, 7) is 7.31. The molecule has 1 amide bonds. The summed E-state index contributed by atoms with van der Waals surface area (Å²) in [5.74, 6) is 3.12. The Morgan fingerprint density at radius 2 is 1.56 bits per heavy atom. The largest absolute Gasteiger partial charge is 0.454 e. The molecule has 1 aromatic carbocycles. The first kappa shape index (κ1) is 24.0. The van der Waals surface area contributed by atoms with Crippen molar-refractivity contribution in [3.63, 3.8) is 0 Å². The maximum atomic E-state index is 12.7. The number of fused-ring (bicyclic) bond motifs is 2. The molecule has 4 aromatic heterocycles. The smallest absolute Gasteiger partial charge is 0.410 e. The third-order valence-electron chi connectivity index (χ3n) is 7.46.